The Morgan fingerprint density at radius 3 is 1.07 bits per heavy atom. The molecule has 9 aromatic heterocycles. The predicted octanol–water partition coefficient (Wildman–Crippen LogP) is 13.2. The zero-order valence-corrected chi connectivity index (χ0v) is 52.9. The maximum atomic E-state index is 14.4. The second-order valence-electron chi connectivity index (χ2n) is 21.4. The van der Waals surface area contributed by atoms with Crippen LogP contribution in [0.2, 0.25) is 15.1 Å². The van der Waals surface area contributed by atoms with Crippen LogP contribution in [0.3, 0.4) is 0 Å². The van der Waals surface area contributed by atoms with Crippen LogP contribution in [0.5, 0.6) is 0 Å². The maximum absolute atomic E-state index is 14.4. The molecule has 95 heavy (non-hydrogen) atoms. The molecule has 484 valence electrons. The summed E-state index contributed by atoms with van der Waals surface area (Å²) in [5.41, 5.74) is 33.3. The number of carboxylic acid groups (broad SMARTS) is 1. The van der Waals surface area contributed by atoms with Crippen molar-refractivity contribution in [2.24, 2.45) is 5.73 Å². The number of aromatic carboxylic acids is 1. The van der Waals surface area contributed by atoms with E-state index in [0.717, 1.165) is 33.8 Å². The number of hydrogen-bond donors (Lipinski definition) is 7. The summed E-state index contributed by atoms with van der Waals surface area (Å²) in [6, 6.07) is 34.9. The van der Waals surface area contributed by atoms with E-state index in [0.29, 0.717) is 132 Å². The predicted molar refractivity (Wildman–Crippen MR) is 365 cm³/mol. The van der Waals surface area contributed by atoms with Gasteiger partial charge < -0.3 is 38.7 Å². The van der Waals surface area contributed by atoms with Crippen molar-refractivity contribution in [3.63, 3.8) is 0 Å². The molecule has 0 bridgehead atoms. The van der Waals surface area contributed by atoms with Crippen LogP contribution in [0, 0.1) is 38.2 Å². The van der Waals surface area contributed by atoms with Gasteiger partial charge in [-0.25, -0.2) is 32.9 Å². The number of pyridine rings is 9. The molecular weight excluding hydrogens is 1280 g/mol. The number of halogens is 6. The summed E-state index contributed by atoms with van der Waals surface area (Å²) < 4.78 is 42.9. The third-order valence-corrected chi connectivity index (χ3v) is 15.0. The molecule has 0 unspecified atom stereocenters. The second-order valence-corrected chi connectivity index (χ2v) is 22.7. The monoisotopic (exact) mass is 1340 g/mol. The van der Waals surface area contributed by atoms with Crippen LogP contribution in [0.1, 0.15) is 106 Å². The summed E-state index contributed by atoms with van der Waals surface area (Å²) in [4.78, 5) is 73.4. The van der Waals surface area contributed by atoms with Crippen molar-refractivity contribution in [3.8, 4) is 0 Å². The first-order chi connectivity index (χ1) is 45.0. The van der Waals surface area contributed by atoms with Crippen LogP contribution in [0.25, 0.3) is 32.7 Å². The number of benzene rings is 3. The molecule has 9 heterocycles. The third-order valence-electron chi connectivity index (χ3n) is 14.4. The van der Waals surface area contributed by atoms with Crippen molar-refractivity contribution in [1.82, 2.24) is 55.5 Å². The average Bonchev–Trinajstić information content (AvgIpc) is 0.865. The summed E-state index contributed by atoms with van der Waals surface area (Å²) in [5, 5.41) is 17.9. The van der Waals surface area contributed by atoms with E-state index in [4.69, 9.17) is 62.8 Å². The first-order valence-electron chi connectivity index (χ1n) is 28.8. The van der Waals surface area contributed by atoms with Crippen LogP contribution in [0.4, 0.5) is 30.6 Å². The molecule has 0 saturated heterocycles. The Bertz CT molecular complexity index is 4620. The summed E-state index contributed by atoms with van der Waals surface area (Å²) in [5.74, 6) is -1.36. The van der Waals surface area contributed by atoms with Crippen molar-refractivity contribution >= 4 is 103 Å². The topological polar surface area (TPSA) is 316 Å². The van der Waals surface area contributed by atoms with Gasteiger partial charge in [-0.2, -0.15) is 0 Å². The number of hydrogen-bond acceptors (Lipinski definition) is 16. The number of amides is 2. The molecule has 0 aliphatic rings. The number of nitrogens with two attached hydrogens (primary N) is 4. The summed E-state index contributed by atoms with van der Waals surface area (Å²) in [6.07, 6.45) is 9.82. The van der Waals surface area contributed by atoms with E-state index in [1.165, 1.54) is 55.1 Å². The van der Waals surface area contributed by atoms with Gasteiger partial charge in [0.1, 0.15) is 51.5 Å². The number of rotatable bonds is 14. The SMILES string of the molecule is C.Cc1nc(N)ccc1CN.Cc1nc(N)ccc1CNC(=O)c1ccnc(Cc2cc(F)c3ncc(Cl)cc3c2)c1.Cc1nc(N)ccc1CNC(=O)c1ccnc(Cc2cc(F)c3ncc(Cl)cc3c2)c1.O=C(O)c1ccnc(Cc2cc(F)c3ncc(Cl)cc3c2)c1. The fourth-order valence-corrected chi connectivity index (χ4v) is 10.3. The molecule has 0 saturated carbocycles. The molecule has 0 fully saturated rings. The number of aryl methyl sites for hydroxylation is 3. The molecule has 12 aromatic rings. The Morgan fingerprint density at radius 1 is 0.442 bits per heavy atom. The van der Waals surface area contributed by atoms with Crippen LogP contribution in [-0.2, 0) is 38.9 Å². The van der Waals surface area contributed by atoms with Crippen molar-refractivity contribution < 1.29 is 32.7 Å². The van der Waals surface area contributed by atoms with E-state index in [1.54, 1.807) is 79.1 Å². The number of nitrogen functional groups attached to an aromatic ring is 3. The van der Waals surface area contributed by atoms with Gasteiger partial charge in [0.2, 0.25) is 0 Å². The van der Waals surface area contributed by atoms with Crippen molar-refractivity contribution in [3.05, 3.63) is 281 Å². The first-order valence-corrected chi connectivity index (χ1v) is 29.9. The van der Waals surface area contributed by atoms with Gasteiger partial charge in [-0.1, -0.05) is 60.4 Å². The Labute approximate surface area is 559 Å². The zero-order chi connectivity index (χ0) is 67.2. The third kappa shape index (κ3) is 19.2. The van der Waals surface area contributed by atoms with Gasteiger partial charge in [0.15, 0.2) is 0 Å². The molecule has 12 rings (SSSR count). The molecule has 0 radical (unpaired) electrons. The number of nitrogens with one attached hydrogen (secondary N) is 2. The van der Waals surface area contributed by atoms with E-state index in [2.05, 4.69) is 55.5 Å². The highest BCUT2D eigenvalue weighted by Crippen LogP contribution is 2.27. The van der Waals surface area contributed by atoms with Crippen LogP contribution in [-0.4, -0.2) is 67.7 Å². The number of carbonyl (C=O) groups excluding carboxylic acids is 2. The number of carbonyl (C=O) groups is 3. The lowest BCUT2D eigenvalue weighted by Crippen LogP contribution is -2.23. The molecule has 0 spiro atoms. The minimum absolute atomic E-state index is 0. The number of fused-ring (bicyclic) bond motifs is 3. The van der Waals surface area contributed by atoms with Gasteiger partial charge in [-0.15, -0.1) is 0 Å². The quantitative estimate of drug-likeness (QED) is 0.0532. The lowest BCUT2D eigenvalue weighted by atomic mass is 10.0. The van der Waals surface area contributed by atoms with E-state index in [-0.39, 0.29) is 41.4 Å². The van der Waals surface area contributed by atoms with E-state index in [9.17, 15) is 27.6 Å². The van der Waals surface area contributed by atoms with Gasteiger partial charge in [0, 0.05) is 138 Å². The average molecular weight is 1340 g/mol. The molecule has 3 aromatic carbocycles. The van der Waals surface area contributed by atoms with Crippen molar-refractivity contribution in [2.75, 3.05) is 17.2 Å². The summed E-state index contributed by atoms with van der Waals surface area (Å²) in [7, 11) is 0. The minimum atomic E-state index is -1.02. The molecule has 2 amide bonds. The Balaban J connectivity index is 0.000000171. The summed E-state index contributed by atoms with van der Waals surface area (Å²) in [6.45, 7) is 6.78. The normalized spacial score (nSPS) is 10.7. The number of carboxylic acids is 1. The largest absolute Gasteiger partial charge is 0.478 e. The van der Waals surface area contributed by atoms with E-state index >= 15 is 0 Å². The highest BCUT2D eigenvalue weighted by Gasteiger charge is 2.15. The Hall–Kier alpha value is -10.8. The number of anilines is 3. The van der Waals surface area contributed by atoms with E-state index in [1.807, 2.05) is 51.1 Å². The van der Waals surface area contributed by atoms with Crippen LogP contribution < -0.4 is 33.6 Å². The Kier molecular flexibility index (Phi) is 23.7. The molecule has 0 atom stereocenters. The van der Waals surface area contributed by atoms with Gasteiger partial charge in [-0.3, -0.25) is 39.5 Å². The smallest absolute Gasteiger partial charge is 0.335 e. The number of aromatic nitrogens is 9. The molecule has 25 heteroatoms. The highest BCUT2D eigenvalue weighted by molar-refractivity contribution is 6.31. The fraction of sp³-hybridized carbons (Fsp3) is 0.143. The van der Waals surface area contributed by atoms with Gasteiger partial charge in [0.25, 0.3) is 11.8 Å². The lowest BCUT2D eigenvalue weighted by Gasteiger charge is -2.09. The fourth-order valence-electron chi connectivity index (χ4n) is 9.76. The summed E-state index contributed by atoms with van der Waals surface area (Å²) >= 11 is 17.8. The van der Waals surface area contributed by atoms with Gasteiger partial charge in [-0.05, 0) is 163 Å². The second kappa shape index (κ2) is 32.2. The van der Waals surface area contributed by atoms with Gasteiger partial charge >= 0.3 is 5.97 Å². The standard InChI is InChI=1S/2C23H19ClFN5O.C16H10ClFN2O2.C7H11N3.CH4/c2*1-13-16(2-3-21(26)30-13)11-29-23(31)15-4-5-27-19(10-15)7-14-6-17-9-18(24)12-28-22(17)20(25)8-14;17-12-6-11-3-9(5-14(18)15(11)20-8-12)4-13-7-10(16(21)22)1-2-19-13;1-5-6(4-8)2-3-7(9)10-5;/h2*2-6,8-10,12H,7,11H2,1H3,(H2,26,30)(H,29,31);1-3,5-8H,4H2,(H,21,22);2-3H,4,8H2,1H3,(H2,9,10);1H4. The zero-order valence-electron chi connectivity index (χ0n) is 50.6. The Morgan fingerprint density at radius 2 is 0.758 bits per heavy atom. The lowest BCUT2D eigenvalue weighted by molar-refractivity contribution is 0.0696. The van der Waals surface area contributed by atoms with Crippen molar-refractivity contribution in [1.29, 1.82) is 0 Å². The molecule has 0 aliphatic heterocycles. The molecular formula is C70H63Cl3F3N15O4. The molecule has 11 N–H and O–H groups in total. The molecule has 19 nitrogen and oxygen atoms in total. The highest BCUT2D eigenvalue weighted by atomic mass is 35.5. The molecule has 0 aliphatic carbocycles. The number of nitrogens with zero attached hydrogens (tertiary/aromatic N) is 9. The van der Waals surface area contributed by atoms with Crippen LogP contribution >= 0.6 is 34.8 Å². The van der Waals surface area contributed by atoms with Crippen molar-refractivity contribution in [2.45, 2.75) is 67.1 Å². The van der Waals surface area contributed by atoms with E-state index < -0.39 is 23.4 Å². The van der Waals surface area contributed by atoms with Gasteiger partial charge in [0.05, 0.1) is 20.6 Å². The van der Waals surface area contributed by atoms with Crippen LogP contribution in [0.15, 0.2) is 165 Å². The first kappa shape index (κ1) is 70.1. The minimum Gasteiger partial charge on any atom is -0.478 e. The maximum Gasteiger partial charge on any atom is 0.335 e.